The molecule has 1 heterocycles. The van der Waals surface area contributed by atoms with E-state index in [1.165, 1.54) is 0 Å². The average molecular weight is 461 g/mol. The predicted octanol–water partition coefficient (Wildman–Crippen LogP) is 4.35. The fraction of sp³-hybridized carbons (Fsp3) is 0.364. The summed E-state index contributed by atoms with van der Waals surface area (Å²) in [6, 6.07) is 12.3. The molecule has 3 rings (SSSR count). The van der Waals surface area contributed by atoms with Gasteiger partial charge in [-0.1, -0.05) is 25.5 Å². The molecule has 0 aliphatic carbocycles. The number of rotatable bonds is 7. The molecule has 1 saturated heterocycles. The minimum atomic E-state index is -0.284. The zero-order valence-electron chi connectivity index (χ0n) is 16.4. The van der Waals surface area contributed by atoms with Crippen LogP contribution < -0.4 is 10.1 Å². The summed E-state index contributed by atoms with van der Waals surface area (Å²) in [5.41, 5.74) is 1.45. The van der Waals surface area contributed by atoms with Crippen LogP contribution in [0.3, 0.4) is 0 Å². The summed E-state index contributed by atoms with van der Waals surface area (Å²) in [4.78, 5) is 27.4. The van der Waals surface area contributed by atoms with Gasteiger partial charge in [-0.25, -0.2) is 0 Å². The minimum absolute atomic E-state index is 0.106. The van der Waals surface area contributed by atoms with Crippen molar-refractivity contribution in [2.45, 2.75) is 19.8 Å². The molecule has 0 bridgehead atoms. The van der Waals surface area contributed by atoms with Gasteiger partial charge in [0.05, 0.1) is 35.5 Å². The summed E-state index contributed by atoms with van der Waals surface area (Å²) in [7, 11) is 0. The molecule has 0 radical (unpaired) electrons. The third-order valence-electron chi connectivity index (χ3n) is 4.65. The number of carbonyl (C=O) groups is 2. The number of nitrogens with zero attached hydrogens (tertiary/aromatic N) is 1. The largest absolute Gasteiger partial charge is 0.492 e. The van der Waals surface area contributed by atoms with E-state index in [4.69, 9.17) is 9.47 Å². The van der Waals surface area contributed by atoms with E-state index >= 15 is 0 Å². The number of halogens is 1. The van der Waals surface area contributed by atoms with E-state index in [1.807, 2.05) is 0 Å². The third kappa shape index (κ3) is 5.58. The third-order valence-corrected chi connectivity index (χ3v) is 5.27. The Morgan fingerprint density at radius 2 is 1.93 bits per heavy atom. The fourth-order valence-electron chi connectivity index (χ4n) is 3.00. The van der Waals surface area contributed by atoms with Gasteiger partial charge in [-0.2, -0.15) is 0 Å². The van der Waals surface area contributed by atoms with E-state index in [2.05, 4.69) is 28.2 Å². The average Bonchev–Trinajstić information content (AvgIpc) is 2.75. The van der Waals surface area contributed by atoms with Gasteiger partial charge in [-0.15, -0.1) is 0 Å². The first-order valence-electron chi connectivity index (χ1n) is 9.80. The highest BCUT2D eigenvalue weighted by molar-refractivity contribution is 9.10. The number of ether oxygens (including phenoxy) is 2. The van der Waals surface area contributed by atoms with Crippen molar-refractivity contribution in [1.29, 1.82) is 0 Å². The lowest BCUT2D eigenvalue weighted by Crippen LogP contribution is -2.41. The molecule has 0 spiro atoms. The predicted molar refractivity (Wildman–Crippen MR) is 116 cm³/mol. The van der Waals surface area contributed by atoms with Gasteiger partial charge in [0, 0.05) is 18.7 Å². The topological polar surface area (TPSA) is 67.9 Å². The van der Waals surface area contributed by atoms with Crippen LogP contribution >= 0.6 is 15.9 Å². The Morgan fingerprint density at radius 1 is 1.17 bits per heavy atom. The van der Waals surface area contributed by atoms with Crippen LogP contribution in [0.15, 0.2) is 46.9 Å². The highest BCUT2D eigenvalue weighted by Gasteiger charge is 2.22. The summed E-state index contributed by atoms with van der Waals surface area (Å²) in [6.45, 7) is 4.90. The van der Waals surface area contributed by atoms with Gasteiger partial charge in [0.1, 0.15) is 5.75 Å². The number of unbranched alkanes of at least 4 members (excludes halogenated alkanes) is 1. The smallest absolute Gasteiger partial charge is 0.256 e. The van der Waals surface area contributed by atoms with Crippen LogP contribution in [0.25, 0.3) is 0 Å². The van der Waals surface area contributed by atoms with Gasteiger partial charge in [0.15, 0.2) is 0 Å². The molecule has 0 aromatic heterocycles. The summed E-state index contributed by atoms with van der Waals surface area (Å²) in [5.74, 6) is 0.316. The molecular weight excluding hydrogens is 436 g/mol. The van der Waals surface area contributed by atoms with Crippen molar-refractivity contribution in [2.75, 3.05) is 38.2 Å². The number of hydrogen-bond acceptors (Lipinski definition) is 4. The Hall–Kier alpha value is -2.38. The highest BCUT2D eigenvalue weighted by atomic mass is 79.9. The first-order chi connectivity index (χ1) is 14.1. The molecule has 1 aliphatic rings. The Bertz CT molecular complexity index is 866. The molecule has 0 saturated carbocycles. The van der Waals surface area contributed by atoms with Gasteiger partial charge in [0.25, 0.3) is 11.8 Å². The van der Waals surface area contributed by atoms with E-state index < -0.39 is 0 Å². The summed E-state index contributed by atoms with van der Waals surface area (Å²) < 4.78 is 11.7. The van der Waals surface area contributed by atoms with Crippen molar-refractivity contribution in [3.05, 3.63) is 58.1 Å². The van der Waals surface area contributed by atoms with Crippen molar-refractivity contribution < 1.29 is 19.1 Å². The molecule has 0 atom stereocenters. The molecule has 29 heavy (non-hydrogen) atoms. The zero-order valence-corrected chi connectivity index (χ0v) is 18.0. The Balaban J connectivity index is 1.72. The SMILES string of the molecule is CCCCOc1ccc(C(=O)Nc2ccccc2C(=O)N2CCOCC2)cc1Br. The van der Waals surface area contributed by atoms with Gasteiger partial charge in [-0.05, 0) is 52.7 Å². The van der Waals surface area contributed by atoms with Crippen LogP contribution in [0.1, 0.15) is 40.5 Å². The Labute approximate surface area is 179 Å². The fourth-order valence-corrected chi connectivity index (χ4v) is 3.49. The summed E-state index contributed by atoms with van der Waals surface area (Å²) in [6.07, 6.45) is 2.03. The molecule has 2 aromatic rings. The van der Waals surface area contributed by atoms with E-state index in [-0.39, 0.29) is 11.8 Å². The van der Waals surface area contributed by atoms with Crippen LogP contribution in [0.4, 0.5) is 5.69 Å². The summed E-state index contributed by atoms with van der Waals surface area (Å²) >= 11 is 3.47. The normalized spacial score (nSPS) is 13.8. The maximum absolute atomic E-state index is 12.9. The molecule has 6 nitrogen and oxygen atoms in total. The van der Waals surface area contributed by atoms with Gasteiger partial charge in [0.2, 0.25) is 0 Å². The van der Waals surface area contributed by atoms with Crippen molar-refractivity contribution in [3.63, 3.8) is 0 Å². The lowest BCUT2D eigenvalue weighted by atomic mass is 10.1. The van der Waals surface area contributed by atoms with Crippen LogP contribution in [0.5, 0.6) is 5.75 Å². The lowest BCUT2D eigenvalue weighted by Gasteiger charge is -2.27. The number of morpholine rings is 1. The number of benzene rings is 2. The first kappa shape index (κ1) is 21.3. The highest BCUT2D eigenvalue weighted by Crippen LogP contribution is 2.27. The van der Waals surface area contributed by atoms with Crippen molar-refractivity contribution in [3.8, 4) is 5.75 Å². The number of amides is 2. The second-order valence-corrected chi connectivity index (χ2v) is 7.61. The van der Waals surface area contributed by atoms with Gasteiger partial charge < -0.3 is 19.7 Å². The minimum Gasteiger partial charge on any atom is -0.492 e. The first-order valence-corrected chi connectivity index (χ1v) is 10.6. The monoisotopic (exact) mass is 460 g/mol. The van der Waals surface area contributed by atoms with Crippen LogP contribution in [0.2, 0.25) is 0 Å². The second-order valence-electron chi connectivity index (χ2n) is 6.75. The zero-order chi connectivity index (χ0) is 20.6. The van der Waals surface area contributed by atoms with Crippen LogP contribution in [0, 0.1) is 0 Å². The standard InChI is InChI=1S/C22H25BrN2O4/c1-2-3-12-29-20-9-8-16(15-18(20)23)21(26)24-19-7-5-4-6-17(19)22(27)25-10-13-28-14-11-25/h4-9,15H,2-3,10-14H2,1H3,(H,24,26). The van der Waals surface area contributed by atoms with Gasteiger partial charge >= 0.3 is 0 Å². The van der Waals surface area contributed by atoms with E-state index in [0.717, 1.165) is 17.3 Å². The number of carbonyl (C=O) groups excluding carboxylic acids is 2. The molecular formula is C22H25BrN2O4. The van der Waals surface area contributed by atoms with Crippen molar-refractivity contribution >= 4 is 33.4 Å². The Kier molecular flexibility index (Phi) is 7.66. The second kappa shape index (κ2) is 10.4. The lowest BCUT2D eigenvalue weighted by molar-refractivity contribution is 0.0303. The summed E-state index contributed by atoms with van der Waals surface area (Å²) in [5, 5.41) is 2.87. The Morgan fingerprint density at radius 3 is 2.66 bits per heavy atom. The maximum Gasteiger partial charge on any atom is 0.256 e. The number of nitrogens with one attached hydrogen (secondary N) is 1. The van der Waals surface area contributed by atoms with Crippen molar-refractivity contribution in [1.82, 2.24) is 4.90 Å². The molecule has 1 N–H and O–H groups in total. The molecule has 2 amide bonds. The van der Waals surface area contributed by atoms with Gasteiger partial charge in [-0.3, -0.25) is 9.59 Å². The molecule has 7 heteroatoms. The van der Waals surface area contributed by atoms with E-state index in [9.17, 15) is 9.59 Å². The molecule has 0 unspecified atom stereocenters. The molecule has 1 fully saturated rings. The number of hydrogen-bond donors (Lipinski definition) is 1. The number of anilines is 1. The number of para-hydroxylation sites is 1. The van der Waals surface area contributed by atoms with E-state index in [1.54, 1.807) is 47.4 Å². The van der Waals surface area contributed by atoms with E-state index in [0.29, 0.717) is 55.5 Å². The molecule has 154 valence electrons. The van der Waals surface area contributed by atoms with Crippen LogP contribution in [-0.2, 0) is 4.74 Å². The van der Waals surface area contributed by atoms with Crippen molar-refractivity contribution in [2.24, 2.45) is 0 Å². The maximum atomic E-state index is 12.9. The molecule has 1 aliphatic heterocycles. The molecule has 2 aromatic carbocycles. The van der Waals surface area contributed by atoms with Crippen LogP contribution in [-0.4, -0.2) is 49.6 Å². The quantitative estimate of drug-likeness (QED) is 0.623.